The number of nitrogens with zero attached hydrogens (tertiary/aromatic N) is 2. The monoisotopic (exact) mass is 263 g/mol. The summed E-state index contributed by atoms with van der Waals surface area (Å²) >= 11 is 0. The minimum Gasteiger partial charge on any atom is -0.465 e. The predicted molar refractivity (Wildman–Crippen MR) is 65.0 cm³/mol. The lowest BCUT2D eigenvalue weighted by Gasteiger charge is -2.39. The van der Waals surface area contributed by atoms with Crippen LogP contribution in [0.25, 0.3) is 0 Å². The van der Waals surface area contributed by atoms with Crippen molar-refractivity contribution in [2.75, 3.05) is 13.1 Å². The average molecular weight is 263 g/mol. The minimum absolute atomic E-state index is 0.236. The van der Waals surface area contributed by atoms with Gasteiger partial charge in [-0.1, -0.05) is 6.07 Å². The average Bonchev–Trinajstić information content (AvgIpc) is 2.64. The molecule has 100 valence electrons. The minimum atomic E-state index is -0.972. The van der Waals surface area contributed by atoms with Gasteiger partial charge in [-0.2, -0.15) is 0 Å². The van der Waals surface area contributed by atoms with Gasteiger partial charge < -0.3 is 15.3 Å². The van der Waals surface area contributed by atoms with Crippen LogP contribution in [-0.2, 0) is 5.66 Å². The van der Waals surface area contributed by atoms with Crippen molar-refractivity contribution in [3.8, 4) is 0 Å². The summed E-state index contributed by atoms with van der Waals surface area (Å²) in [7, 11) is 0. The zero-order chi connectivity index (χ0) is 13.6. The molecule has 2 N–H and O–H groups in total. The zero-order valence-electron chi connectivity index (χ0n) is 10.1. The van der Waals surface area contributed by atoms with E-state index in [0.29, 0.717) is 31.6 Å². The zero-order valence-corrected chi connectivity index (χ0v) is 10.1. The molecule has 0 saturated carbocycles. The fourth-order valence-electron chi connectivity index (χ4n) is 2.86. The van der Waals surface area contributed by atoms with E-state index in [4.69, 9.17) is 5.11 Å². The summed E-state index contributed by atoms with van der Waals surface area (Å²) in [6.45, 7) is 0.604. The first kappa shape index (κ1) is 11.8. The highest BCUT2D eigenvalue weighted by Gasteiger charge is 2.45. The van der Waals surface area contributed by atoms with Crippen LogP contribution in [0.5, 0.6) is 0 Å². The Morgan fingerprint density at radius 1 is 1.26 bits per heavy atom. The van der Waals surface area contributed by atoms with Crippen molar-refractivity contribution in [3.05, 3.63) is 34.2 Å². The number of carbonyl (C=O) groups is 2. The van der Waals surface area contributed by atoms with Crippen molar-refractivity contribution in [3.63, 3.8) is 0 Å². The van der Waals surface area contributed by atoms with Gasteiger partial charge in [0.1, 0.15) is 11.4 Å². The highest BCUT2D eigenvalue weighted by Crippen LogP contribution is 2.31. The third kappa shape index (κ3) is 1.61. The third-order valence-corrected chi connectivity index (χ3v) is 3.82. The van der Waals surface area contributed by atoms with Gasteiger partial charge in [0.25, 0.3) is 11.5 Å². The van der Waals surface area contributed by atoms with E-state index in [1.807, 2.05) is 0 Å². The van der Waals surface area contributed by atoms with Crippen molar-refractivity contribution in [1.82, 2.24) is 14.8 Å². The molecular weight excluding hydrogens is 250 g/mol. The standard InChI is InChI=1S/C12H13N3O4/c16-9-3-1-2-8-10(17)13-12(15(8)9)4-6-14(7-5-12)11(18)19/h1-3H,4-7H2,(H,13,17)(H,18,19). The molecule has 0 bridgehead atoms. The molecule has 1 aromatic heterocycles. The van der Waals surface area contributed by atoms with Crippen LogP contribution in [-0.4, -0.2) is 39.7 Å². The largest absolute Gasteiger partial charge is 0.465 e. The fraction of sp³-hybridized carbons (Fsp3) is 0.417. The van der Waals surface area contributed by atoms with Gasteiger partial charge in [0.15, 0.2) is 0 Å². The first-order chi connectivity index (χ1) is 9.03. The molecule has 3 rings (SSSR count). The molecule has 0 unspecified atom stereocenters. The number of carboxylic acid groups (broad SMARTS) is 1. The summed E-state index contributed by atoms with van der Waals surface area (Å²) in [6, 6.07) is 4.57. The number of hydrogen-bond donors (Lipinski definition) is 2. The van der Waals surface area contributed by atoms with E-state index in [1.165, 1.54) is 15.5 Å². The summed E-state index contributed by atoms with van der Waals surface area (Å²) in [6.07, 6.45) is -0.163. The molecule has 0 aliphatic carbocycles. The summed E-state index contributed by atoms with van der Waals surface area (Å²) in [5.41, 5.74) is -0.660. The van der Waals surface area contributed by atoms with E-state index in [1.54, 1.807) is 12.1 Å². The summed E-state index contributed by atoms with van der Waals surface area (Å²) < 4.78 is 1.47. The molecule has 1 spiro atoms. The van der Waals surface area contributed by atoms with Gasteiger partial charge in [0.05, 0.1) is 0 Å². The fourth-order valence-corrected chi connectivity index (χ4v) is 2.86. The quantitative estimate of drug-likeness (QED) is 0.690. The molecule has 1 aromatic rings. The van der Waals surface area contributed by atoms with Gasteiger partial charge in [0, 0.05) is 32.0 Å². The molecule has 7 heteroatoms. The molecule has 0 radical (unpaired) electrons. The summed E-state index contributed by atoms with van der Waals surface area (Å²) in [4.78, 5) is 36.1. The number of rotatable bonds is 0. The number of hydrogen-bond acceptors (Lipinski definition) is 3. The Labute approximate surface area is 108 Å². The van der Waals surface area contributed by atoms with Crippen LogP contribution in [0.4, 0.5) is 4.79 Å². The lowest BCUT2D eigenvalue weighted by atomic mass is 9.97. The Morgan fingerprint density at radius 3 is 2.58 bits per heavy atom. The molecule has 2 amide bonds. The van der Waals surface area contributed by atoms with Crippen molar-refractivity contribution >= 4 is 12.0 Å². The van der Waals surface area contributed by atoms with E-state index in [0.717, 1.165) is 0 Å². The van der Waals surface area contributed by atoms with Crippen LogP contribution in [0.3, 0.4) is 0 Å². The summed E-state index contributed by atoms with van der Waals surface area (Å²) in [5, 5.41) is 11.8. The first-order valence-electron chi connectivity index (χ1n) is 6.06. The van der Waals surface area contributed by atoms with Gasteiger partial charge in [-0.25, -0.2) is 4.79 Å². The molecule has 7 nitrogen and oxygen atoms in total. The van der Waals surface area contributed by atoms with Gasteiger partial charge >= 0.3 is 6.09 Å². The Kier molecular flexibility index (Phi) is 2.38. The van der Waals surface area contributed by atoms with Crippen molar-refractivity contribution < 1.29 is 14.7 Å². The van der Waals surface area contributed by atoms with Gasteiger partial charge in [-0.15, -0.1) is 0 Å². The molecule has 0 atom stereocenters. The topological polar surface area (TPSA) is 91.6 Å². The van der Waals surface area contributed by atoms with E-state index in [2.05, 4.69) is 5.32 Å². The van der Waals surface area contributed by atoms with Crippen LogP contribution in [0.2, 0.25) is 0 Å². The van der Waals surface area contributed by atoms with Gasteiger partial charge in [-0.3, -0.25) is 14.2 Å². The lowest BCUT2D eigenvalue weighted by Crippen LogP contribution is -2.55. The molecule has 2 aliphatic rings. The van der Waals surface area contributed by atoms with E-state index in [-0.39, 0.29) is 11.5 Å². The number of fused-ring (bicyclic) bond motifs is 2. The normalized spacial score (nSPS) is 20.2. The summed E-state index contributed by atoms with van der Waals surface area (Å²) in [5.74, 6) is -0.276. The maximum absolute atomic E-state index is 12.0. The van der Waals surface area contributed by atoms with Gasteiger partial charge in [0.2, 0.25) is 0 Å². The third-order valence-electron chi connectivity index (χ3n) is 3.82. The Morgan fingerprint density at radius 2 is 1.95 bits per heavy atom. The number of carbonyl (C=O) groups excluding carboxylic acids is 1. The molecule has 3 heterocycles. The number of likely N-dealkylation sites (tertiary alicyclic amines) is 1. The van der Waals surface area contributed by atoms with Crippen LogP contribution >= 0.6 is 0 Å². The predicted octanol–water partition coefficient (Wildman–Crippen LogP) is 0.0183. The molecule has 2 aliphatic heterocycles. The van der Waals surface area contributed by atoms with E-state index < -0.39 is 11.8 Å². The van der Waals surface area contributed by atoms with Crippen molar-refractivity contribution in [2.45, 2.75) is 18.5 Å². The number of piperidine rings is 1. The number of aromatic nitrogens is 1. The molecule has 1 fully saturated rings. The van der Waals surface area contributed by atoms with Crippen LogP contribution in [0.15, 0.2) is 23.0 Å². The van der Waals surface area contributed by atoms with Crippen LogP contribution in [0, 0.1) is 0 Å². The maximum Gasteiger partial charge on any atom is 0.407 e. The number of pyridine rings is 1. The highest BCUT2D eigenvalue weighted by molar-refractivity contribution is 5.95. The first-order valence-corrected chi connectivity index (χ1v) is 6.06. The lowest BCUT2D eigenvalue weighted by molar-refractivity contribution is 0.0725. The second-order valence-electron chi connectivity index (χ2n) is 4.84. The maximum atomic E-state index is 12.0. The Balaban J connectivity index is 2.00. The van der Waals surface area contributed by atoms with E-state index in [9.17, 15) is 14.4 Å². The smallest absolute Gasteiger partial charge is 0.407 e. The highest BCUT2D eigenvalue weighted by atomic mass is 16.4. The molecule has 19 heavy (non-hydrogen) atoms. The van der Waals surface area contributed by atoms with Gasteiger partial charge in [-0.05, 0) is 6.07 Å². The van der Waals surface area contributed by atoms with E-state index >= 15 is 0 Å². The Bertz CT molecular complexity index is 614. The SMILES string of the molecule is O=C1NC2(CCN(C(=O)O)CC2)n2c1cccc2=O. The molecular formula is C12H13N3O4. The van der Waals surface area contributed by atoms with Crippen LogP contribution < -0.4 is 10.9 Å². The second kappa shape index (κ2) is 3.84. The number of nitrogens with one attached hydrogen (secondary N) is 1. The van der Waals surface area contributed by atoms with Crippen molar-refractivity contribution in [1.29, 1.82) is 0 Å². The molecule has 0 aromatic carbocycles. The number of amides is 2. The Hall–Kier alpha value is -2.31. The molecule has 1 saturated heterocycles. The van der Waals surface area contributed by atoms with Crippen LogP contribution in [0.1, 0.15) is 23.3 Å². The second-order valence-corrected chi connectivity index (χ2v) is 4.84. The van der Waals surface area contributed by atoms with Crippen molar-refractivity contribution in [2.24, 2.45) is 0 Å².